The molecule has 1 heterocycles. The molecule has 0 aromatic heterocycles. The average Bonchev–Trinajstić information content (AvgIpc) is 2.91. The summed E-state index contributed by atoms with van der Waals surface area (Å²) in [5.74, 6) is -2.50. The maximum Gasteiger partial charge on any atom is 0.295 e. The molecule has 26 heavy (non-hydrogen) atoms. The molecule has 1 saturated heterocycles. The predicted octanol–water partition coefficient (Wildman–Crippen LogP) is 2.89. The van der Waals surface area contributed by atoms with E-state index < -0.39 is 23.5 Å². The molecule has 0 unspecified atom stereocenters. The summed E-state index contributed by atoms with van der Waals surface area (Å²) in [5, 5.41) is 10.7. The second kappa shape index (κ2) is 7.49. The van der Waals surface area contributed by atoms with Gasteiger partial charge in [0, 0.05) is 24.8 Å². The zero-order valence-corrected chi connectivity index (χ0v) is 14.2. The normalized spacial score (nSPS) is 19.2. The third-order valence-electron chi connectivity index (χ3n) is 4.32. The molecule has 1 fully saturated rings. The summed E-state index contributed by atoms with van der Waals surface area (Å²) in [6.45, 7) is 0.287. The van der Waals surface area contributed by atoms with Gasteiger partial charge in [0.2, 0.25) is 0 Å². The highest BCUT2D eigenvalue weighted by molar-refractivity contribution is 6.46. The molecule has 2 aromatic rings. The Balaban J connectivity index is 2.19. The number of likely N-dealkylation sites (tertiary alicyclic amines) is 1. The van der Waals surface area contributed by atoms with Crippen LogP contribution in [0.5, 0.6) is 0 Å². The fourth-order valence-corrected chi connectivity index (χ4v) is 3.07. The highest BCUT2D eigenvalue weighted by atomic mass is 19.1. The van der Waals surface area contributed by atoms with E-state index in [0.29, 0.717) is 5.56 Å². The maximum atomic E-state index is 14.4. The van der Waals surface area contributed by atoms with Gasteiger partial charge in [-0.2, -0.15) is 0 Å². The van der Waals surface area contributed by atoms with Gasteiger partial charge in [-0.1, -0.05) is 48.5 Å². The first-order valence-corrected chi connectivity index (χ1v) is 8.13. The Labute approximate surface area is 150 Å². The lowest BCUT2D eigenvalue weighted by molar-refractivity contribution is -0.140. The first-order valence-electron chi connectivity index (χ1n) is 8.13. The predicted molar refractivity (Wildman–Crippen MR) is 93.7 cm³/mol. The molecule has 0 spiro atoms. The van der Waals surface area contributed by atoms with Crippen molar-refractivity contribution in [1.29, 1.82) is 0 Å². The van der Waals surface area contributed by atoms with Crippen molar-refractivity contribution >= 4 is 17.4 Å². The molecule has 1 atom stereocenters. The molecule has 6 heteroatoms. The van der Waals surface area contributed by atoms with E-state index in [4.69, 9.17) is 4.74 Å². The number of aliphatic hydroxyl groups excluding tert-OH is 1. The van der Waals surface area contributed by atoms with Crippen molar-refractivity contribution in [2.75, 3.05) is 20.3 Å². The summed E-state index contributed by atoms with van der Waals surface area (Å²) in [6.07, 6.45) is 0. The van der Waals surface area contributed by atoms with Gasteiger partial charge >= 0.3 is 0 Å². The Morgan fingerprint density at radius 2 is 1.77 bits per heavy atom. The molecule has 3 rings (SSSR count). The minimum Gasteiger partial charge on any atom is -0.507 e. The van der Waals surface area contributed by atoms with Crippen LogP contribution in [0.3, 0.4) is 0 Å². The zero-order chi connectivity index (χ0) is 18.7. The number of hydrogen-bond acceptors (Lipinski definition) is 4. The minimum atomic E-state index is -1.01. The van der Waals surface area contributed by atoms with Crippen molar-refractivity contribution in [3.63, 3.8) is 0 Å². The number of amides is 1. The van der Waals surface area contributed by atoms with Crippen molar-refractivity contribution in [3.8, 4) is 0 Å². The Hall–Kier alpha value is -2.99. The molecule has 2 aromatic carbocycles. The maximum absolute atomic E-state index is 14.4. The number of Topliss-reactive ketones (excluding diaryl/α,β-unsaturated/α-hetero) is 1. The van der Waals surface area contributed by atoms with Crippen molar-refractivity contribution in [1.82, 2.24) is 4.90 Å². The number of methoxy groups -OCH3 is 1. The highest BCUT2D eigenvalue weighted by Crippen LogP contribution is 2.39. The Kier molecular flexibility index (Phi) is 5.14. The molecule has 5 nitrogen and oxygen atoms in total. The van der Waals surface area contributed by atoms with E-state index >= 15 is 0 Å². The molecule has 0 aliphatic carbocycles. The number of hydrogen-bond donors (Lipinski definition) is 1. The number of carbonyl (C=O) groups is 2. The Morgan fingerprint density at radius 3 is 2.42 bits per heavy atom. The molecule has 1 aliphatic heterocycles. The number of benzene rings is 2. The van der Waals surface area contributed by atoms with Gasteiger partial charge in [-0.25, -0.2) is 4.39 Å². The van der Waals surface area contributed by atoms with Crippen LogP contribution in [0, 0.1) is 5.82 Å². The largest absolute Gasteiger partial charge is 0.507 e. The van der Waals surface area contributed by atoms with E-state index in [2.05, 4.69) is 0 Å². The number of halogens is 1. The summed E-state index contributed by atoms with van der Waals surface area (Å²) < 4.78 is 19.5. The van der Waals surface area contributed by atoms with Gasteiger partial charge < -0.3 is 14.7 Å². The van der Waals surface area contributed by atoms with E-state index in [1.165, 1.54) is 30.2 Å². The topological polar surface area (TPSA) is 66.8 Å². The first kappa shape index (κ1) is 17.8. The smallest absolute Gasteiger partial charge is 0.295 e. The molecule has 1 aliphatic rings. The quantitative estimate of drug-likeness (QED) is 0.509. The summed E-state index contributed by atoms with van der Waals surface area (Å²) in [5.41, 5.74) is 0.418. The Morgan fingerprint density at radius 1 is 1.12 bits per heavy atom. The second-order valence-electron chi connectivity index (χ2n) is 5.87. The SMILES string of the molecule is COCCN1C(=O)C(=O)/C(=C(/O)c2ccccc2)[C@@H]1c1ccccc1F. The number of ketones is 1. The molecule has 0 radical (unpaired) electrons. The molecular formula is C20H18FNO4. The fourth-order valence-electron chi connectivity index (χ4n) is 3.07. The molecule has 1 N–H and O–H groups in total. The van der Waals surface area contributed by atoms with E-state index in [9.17, 15) is 19.1 Å². The van der Waals surface area contributed by atoms with E-state index in [0.717, 1.165) is 0 Å². The van der Waals surface area contributed by atoms with Crippen LogP contribution in [-0.4, -0.2) is 42.0 Å². The van der Waals surface area contributed by atoms with Crippen LogP contribution in [0.4, 0.5) is 4.39 Å². The number of aliphatic hydroxyl groups is 1. The van der Waals surface area contributed by atoms with Gasteiger partial charge in [0.05, 0.1) is 18.2 Å². The number of ether oxygens (including phenoxy) is 1. The van der Waals surface area contributed by atoms with Crippen molar-refractivity contribution in [2.24, 2.45) is 0 Å². The van der Waals surface area contributed by atoms with Gasteiger partial charge in [0.25, 0.3) is 11.7 Å². The number of carbonyl (C=O) groups excluding carboxylic acids is 2. The van der Waals surface area contributed by atoms with Crippen LogP contribution in [-0.2, 0) is 14.3 Å². The molecular weight excluding hydrogens is 337 g/mol. The van der Waals surface area contributed by atoms with Crippen LogP contribution in [0.2, 0.25) is 0 Å². The monoisotopic (exact) mass is 355 g/mol. The summed E-state index contributed by atoms with van der Waals surface area (Å²) >= 11 is 0. The number of nitrogens with zero attached hydrogens (tertiary/aromatic N) is 1. The van der Waals surface area contributed by atoms with Crippen molar-refractivity contribution < 1.29 is 23.8 Å². The first-order chi connectivity index (χ1) is 12.6. The van der Waals surface area contributed by atoms with Crippen LogP contribution in [0.25, 0.3) is 5.76 Å². The lowest BCUT2D eigenvalue weighted by Crippen LogP contribution is -2.33. The van der Waals surface area contributed by atoms with Crippen molar-refractivity contribution in [2.45, 2.75) is 6.04 Å². The average molecular weight is 355 g/mol. The lowest BCUT2D eigenvalue weighted by Gasteiger charge is -2.25. The third-order valence-corrected chi connectivity index (χ3v) is 4.32. The van der Waals surface area contributed by atoms with Crippen LogP contribution in [0.1, 0.15) is 17.2 Å². The van der Waals surface area contributed by atoms with Gasteiger partial charge in [-0.15, -0.1) is 0 Å². The van der Waals surface area contributed by atoms with E-state index in [1.54, 1.807) is 36.4 Å². The van der Waals surface area contributed by atoms with Crippen LogP contribution < -0.4 is 0 Å². The third kappa shape index (κ3) is 3.11. The van der Waals surface area contributed by atoms with Crippen LogP contribution in [0.15, 0.2) is 60.2 Å². The van der Waals surface area contributed by atoms with E-state index in [1.807, 2.05) is 0 Å². The minimum absolute atomic E-state index is 0.103. The fraction of sp³-hybridized carbons (Fsp3) is 0.200. The van der Waals surface area contributed by atoms with Crippen molar-refractivity contribution in [3.05, 3.63) is 77.1 Å². The molecule has 0 bridgehead atoms. The highest BCUT2D eigenvalue weighted by Gasteiger charge is 2.46. The Bertz CT molecular complexity index is 863. The van der Waals surface area contributed by atoms with Gasteiger partial charge in [-0.05, 0) is 6.07 Å². The zero-order valence-electron chi connectivity index (χ0n) is 14.2. The lowest BCUT2D eigenvalue weighted by atomic mass is 9.95. The molecule has 134 valence electrons. The molecule has 0 saturated carbocycles. The standard InChI is InChI=1S/C20H18FNO4/c1-26-12-11-22-17(14-9-5-6-10-15(14)21)16(19(24)20(22)25)18(23)13-7-3-2-4-8-13/h2-10,17,23H,11-12H2,1H3/b18-16+/t17-/m0/s1. The summed E-state index contributed by atoms with van der Waals surface area (Å²) in [7, 11) is 1.47. The summed E-state index contributed by atoms with van der Waals surface area (Å²) in [4.78, 5) is 26.4. The van der Waals surface area contributed by atoms with Gasteiger partial charge in [0.15, 0.2) is 0 Å². The number of rotatable bonds is 5. The van der Waals surface area contributed by atoms with Gasteiger partial charge in [-0.3, -0.25) is 9.59 Å². The van der Waals surface area contributed by atoms with Gasteiger partial charge in [0.1, 0.15) is 11.6 Å². The summed E-state index contributed by atoms with van der Waals surface area (Å²) in [6, 6.07) is 13.3. The molecule has 1 amide bonds. The second-order valence-corrected chi connectivity index (χ2v) is 5.87. The van der Waals surface area contributed by atoms with E-state index in [-0.39, 0.29) is 30.0 Å². The van der Waals surface area contributed by atoms with Crippen LogP contribution >= 0.6 is 0 Å².